The largest absolute Gasteiger partial charge is 0.444 e. The molecule has 9 heteroatoms. The maximum Gasteiger partial charge on any atom is 0.411 e. The second-order valence-corrected chi connectivity index (χ2v) is 7.76. The van der Waals surface area contributed by atoms with Crippen molar-refractivity contribution in [2.24, 2.45) is 0 Å². The molecule has 1 aliphatic heterocycles. The summed E-state index contributed by atoms with van der Waals surface area (Å²) >= 11 is 2.82. The molecule has 0 aliphatic carbocycles. The molecule has 0 radical (unpaired) electrons. The van der Waals surface area contributed by atoms with Crippen molar-refractivity contribution in [2.45, 2.75) is 39.3 Å². The van der Waals surface area contributed by atoms with Crippen LogP contribution in [0.25, 0.3) is 0 Å². The predicted octanol–water partition coefficient (Wildman–Crippen LogP) is 2.10. The third kappa shape index (κ3) is 4.31. The van der Waals surface area contributed by atoms with Gasteiger partial charge in [0.25, 0.3) is 0 Å². The van der Waals surface area contributed by atoms with E-state index in [1.807, 2.05) is 6.92 Å². The first-order chi connectivity index (χ1) is 9.76. The molecule has 0 bridgehead atoms. The van der Waals surface area contributed by atoms with Crippen molar-refractivity contribution in [1.29, 1.82) is 0 Å². The second kappa shape index (κ2) is 6.18. The van der Waals surface area contributed by atoms with E-state index in [1.54, 1.807) is 20.8 Å². The summed E-state index contributed by atoms with van der Waals surface area (Å²) in [6.45, 7) is 7.21. The molecule has 1 fully saturated rings. The third-order valence-corrected chi connectivity index (χ3v) is 4.34. The Kier molecular flexibility index (Phi) is 4.72. The zero-order valence-corrected chi connectivity index (χ0v) is 14.0. The van der Waals surface area contributed by atoms with Gasteiger partial charge in [-0.3, -0.25) is 15.0 Å². The zero-order valence-electron chi connectivity index (χ0n) is 12.4. The highest BCUT2D eigenvalue weighted by Gasteiger charge is 2.37. The molecule has 0 unspecified atom stereocenters. The number of hydrogen-bond acceptors (Lipinski definition) is 7. The van der Waals surface area contributed by atoms with Crippen LogP contribution in [0.15, 0.2) is 0 Å². The standard InChI is InChI=1S/C12H18N4O3S2/c1-7-14-15-10(21-7)13-9(17)8-5-20-6-16(8)11(18)19-12(2,3)4/h8H,5-6H2,1-4H3,(H,13,15,17)/t8-/m0/s1. The first kappa shape index (κ1) is 16.0. The number of amides is 2. The van der Waals surface area contributed by atoms with E-state index in [-0.39, 0.29) is 5.91 Å². The van der Waals surface area contributed by atoms with Crippen LogP contribution in [0.2, 0.25) is 0 Å². The van der Waals surface area contributed by atoms with Gasteiger partial charge < -0.3 is 4.74 Å². The SMILES string of the molecule is Cc1nnc(NC(=O)[C@@H]2CSCN2C(=O)OC(C)(C)C)s1. The Labute approximate surface area is 131 Å². The number of aromatic nitrogens is 2. The lowest BCUT2D eigenvalue weighted by Crippen LogP contribution is -2.46. The summed E-state index contributed by atoms with van der Waals surface area (Å²) in [5.74, 6) is 0.729. The molecule has 7 nitrogen and oxygen atoms in total. The summed E-state index contributed by atoms with van der Waals surface area (Å²) in [6, 6.07) is -0.547. The van der Waals surface area contributed by atoms with Crippen LogP contribution in [0, 0.1) is 6.92 Å². The highest BCUT2D eigenvalue weighted by atomic mass is 32.2. The topological polar surface area (TPSA) is 84.4 Å². The minimum absolute atomic E-state index is 0.262. The van der Waals surface area contributed by atoms with E-state index < -0.39 is 17.7 Å². The van der Waals surface area contributed by atoms with Crippen molar-refractivity contribution in [2.75, 3.05) is 16.9 Å². The molecule has 116 valence electrons. The zero-order chi connectivity index (χ0) is 15.6. The summed E-state index contributed by atoms with van der Waals surface area (Å²) < 4.78 is 5.32. The van der Waals surface area contributed by atoms with Crippen LogP contribution >= 0.6 is 23.1 Å². The first-order valence-electron chi connectivity index (χ1n) is 6.44. The van der Waals surface area contributed by atoms with E-state index in [0.29, 0.717) is 16.8 Å². The molecule has 1 aliphatic rings. The molecule has 0 spiro atoms. The van der Waals surface area contributed by atoms with Crippen molar-refractivity contribution in [3.8, 4) is 0 Å². The summed E-state index contributed by atoms with van der Waals surface area (Å²) in [5.41, 5.74) is -0.582. The smallest absolute Gasteiger partial charge is 0.411 e. The molecule has 1 aromatic rings. The quantitative estimate of drug-likeness (QED) is 0.894. The molecule has 1 N–H and O–H groups in total. The molecular weight excluding hydrogens is 312 g/mol. The van der Waals surface area contributed by atoms with Crippen molar-refractivity contribution in [3.05, 3.63) is 5.01 Å². The molecule has 2 amide bonds. The van der Waals surface area contributed by atoms with Crippen molar-refractivity contribution < 1.29 is 14.3 Å². The number of aryl methyl sites for hydroxylation is 1. The van der Waals surface area contributed by atoms with Gasteiger partial charge in [-0.1, -0.05) is 11.3 Å². The number of nitrogens with one attached hydrogen (secondary N) is 1. The van der Waals surface area contributed by atoms with E-state index in [1.165, 1.54) is 28.0 Å². The van der Waals surface area contributed by atoms with Crippen molar-refractivity contribution in [1.82, 2.24) is 15.1 Å². The van der Waals surface area contributed by atoms with Crippen LogP contribution in [-0.2, 0) is 9.53 Å². The Balaban J connectivity index is 2.00. The maximum absolute atomic E-state index is 12.3. The second-order valence-electron chi connectivity index (χ2n) is 5.58. The number of hydrogen-bond donors (Lipinski definition) is 1. The minimum atomic E-state index is -0.582. The normalized spacial score (nSPS) is 18.7. The van der Waals surface area contributed by atoms with Crippen LogP contribution < -0.4 is 5.32 Å². The average Bonchev–Trinajstić information content (AvgIpc) is 2.95. The summed E-state index contributed by atoms with van der Waals surface area (Å²) in [6.07, 6.45) is -0.471. The van der Waals surface area contributed by atoms with Crippen LogP contribution in [0.5, 0.6) is 0 Å². The lowest BCUT2D eigenvalue weighted by atomic mass is 10.2. The number of carbonyl (C=O) groups is 2. The molecule has 21 heavy (non-hydrogen) atoms. The fourth-order valence-electron chi connectivity index (χ4n) is 1.70. The Morgan fingerprint density at radius 3 is 2.67 bits per heavy atom. The number of rotatable bonds is 2. The van der Waals surface area contributed by atoms with E-state index in [4.69, 9.17) is 4.74 Å². The lowest BCUT2D eigenvalue weighted by Gasteiger charge is -2.27. The molecule has 0 saturated carbocycles. The van der Waals surface area contributed by atoms with E-state index in [9.17, 15) is 9.59 Å². The molecule has 2 rings (SSSR count). The highest BCUT2D eigenvalue weighted by Crippen LogP contribution is 2.25. The van der Waals surface area contributed by atoms with E-state index in [2.05, 4.69) is 15.5 Å². The van der Waals surface area contributed by atoms with Gasteiger partial charge in [-0.05, 0) is 27.7 Å². The highest BCUT2D eigenvalue weighted by molar-refractivity contribution is 7.99. The monoisotopic (exact) mass is 330 g/mol. The van der Waals surface area contributed by atoms with Gasteiger partial charge in [0, 0.05) is 5.75 Å². The molecule has 0 aromatic carbocycles. The van der Waals surface area contributed by atoms with Crippen molar-refractivity contribution in [3.63, 3.8) is 0 Å². The Hall–Kier alpha value is -1.35. The molecular formula is C12H18N4O3S2. The average molecular weight is 330 g/mol. The van der Waals surface area contributed by atoms with Crippen LogP contribution in [-0.4, -0.2) is 50.4 Å². The molecule has 2 heterocycles. The van der Waals surface area contributed by atoms with Gasteiger partial charge in [0.05, 0.1) is 5.88 Å². The summed E-state index contributed by atoms with van der Waals surface area (Å²) in [7, 11) is 0. The third-order valence-electron chi connectivity index (χ3n) is 2.57. The summed E-state index contributed by atoms with van der Waals surface area (Å²) in [4.78, 5) is 25.8. The van der Waals surface area contributed by atoms with Crippen LogP contribution in [0.4, 0.5) is 9.93 Å². The number of thioether (sulfide) groups is 1. The predicted molar refractivity (Wildman–Crippen MR) is 82.5 cm³/mol. The van der Waals surface area contributed by atoms with Gasteiger partial charge in [0.1, 0.15) is 16.7 Å². The number of nitrogens with zero attached hydrogens (tertiary/aromatic N) is 3. The molecule has 1 aromatic heterocycles. The van der Waals surface area contributed by atoms with Gasteiger partial charge in [-0.25, -0.2) is 4.79 Å². The number of anilines is 1. The molecule has 1 saturated heterocycles. The first-order valence-corrected chi connectivity index (χ1v) is 8.42. The van der Waals surface area contributed by atoms with Gasteiger partial charge in [-0.2, -0.15) is 0 Å². The van der Waals surface area contributed by atoms with Gasteiger partial charge in [-0.15, -0.1) is 22.0 Å². The fraction of sp³-hybridized carbons (Fsp3) is 0.667. The van der Waals surface area contributed by atoms with Crippen molar-refractivity contribution >= 4 is 40.2 Å². The number of ether oxygens (including phenoxy) is 1. The Morgan fingerprint density at radius 1 is 1.38 bits per heavy atom. The Morgan fingerprint density at radius 2 is 2.10 bits per heavy atom. The molecule has 1 atom stereocenters. The van der Waals surface area contributed by atoms with Gasteiger partial charge in [0.15, 0.2) is 0 Å². The van der Waals surface area contributed by atoms with Crippen LogP contribution in [0.3, 0.4) is 0 Å². The maximum atomic E-state index is 12.3. The fourth-order valence-corrected chi connectivity index (χ4v) is 3.43. The van der Waals surface area contributed by atoms with Gasteiger partial charge in [0.2, 0.25) is 11.0 Å². The van der Waals surface area contributed by atoms with Gasteiger partial charge >= 0.3 is 6.09 Å². The number of carbonyl (C=O) groups excluding carboxylic acids is 2. The van der Waals surface area contributed by atoms with E-state index >= 15 is 0 Å². The summed E-state index contributed by atoms with van der Waals surface area (Å²) in [5, 5.41) is 11.6. The minimum Gasteiger partial charge on any atom is -0.444 e. The Bertz CT molecular complexity index is 541. The van der Waals surface area contributed by atoms with Crippen LogP contribution in [0.1, 0.15) is 25.8 Å². The van der Waals surface area contributed by atoms with E-state index in [0.717, 1.165) is 5.01 Å². The lowest BCUT2D eigenvalue weighted by molar-refractivity contribution is -0.120.